The maximum atomic E-state index is 12.1. The number of rotatable bonds is 4. The van der Waals surface area contributed by atoms with Gasteiger partial charge in [-0.05, 0) is 39.4 Å². The van der Waals surface area contributed by atoms with E-state index in [1.165, 1.54) is 32.1 Å². The first-order valence-electron chi connectivity index (χ1n) is 8.02. The van der Waals surface area contributed by atoms with Gasteiger partial charge in [0.2, 0.25) is 5.91 Å². The van der Waals surface area contributed by atoms with Crippen LogP contribution in [0.25, 0.3) is 0 Å². The van der Waals surface area contributed by atoms with Gasteiger partial charge in [0.1, 0.15) is 0 Å². The van der Waals surface area contributed by atoms with Crippen LogP contribution in [0.2, 0.25) is 0 Å². The fraction of sp³-hybridized carbons (Fsp3) is 0.933. The minimum Gasteiger partial charge on any atom is -0.395 e. The largest absolute Gasteiger partial charge is 0.395 e. The highest BCUT2D eigenvalue weighted by Gasteiger charge is 2.29. The van der Waals surface area contributed by atoms with Crippen LogP contribution in [0.1, 0.15) is 38.5 Å². The van der Waals surface area contributed by atoms with E-state index >= 15 is 0 Å². The summed E-state index contributed by atoms with van der Waals surface area (Å²) in [7, 11) is 2.01. The molecule has 2 heterocycles. The van der Waals surface area contributed by atoms with Crippen LogP contribution < -0.4 is 5.32 Å². The number of likely N-dealkylation sites (tertiary alicyclic amines) is 2. The van der Waals surface area contributed by atoms with Crippen molar-refractivity contribution in [3.05, 3.63) is 0 Å². The Morgan fingerprint density at radius 3 is 2.45 bits per heavy atom. The van der Waals surface area contributed by atoms with Gasteiger partial charge >= 0.3 is 0 Å². The molecule has 0 radical (unpaired) electrons. The summed E-state index contributed by atoms with van der Waals surface area (Å²) in [6.07, 6.45) is 7.22. The molecule has 2 saturated heterocycles. The molecular formula is C15H29N3O2. The molecule has 0 spiro atoms. The lowest BCUT2D eigenvalue weighted by Gasteiger charge is -2.24. The first-order chi connectivity index (χ1) is 9.69. The van der Waals surface area contributed by atoms with Crippen LogP contribution in [-0.4, -0.2) is 72.7 Å². The summed E-state index contributed by atoms with van der Waals surface area (Å²) in [5.74, 6) is 0.141. The van der Waals surface area contributed by atoms with Crippen LogP contribution in [0, 0.1) is 0 Å². The maximum absolute atomic E-state index is 12.1. The molecule has 0 unspecified atom stereocenters. The number of carbonyl (C=O) groups excluding carboxylic acids is 1. The van der Waals surface area contributed by atoms with Crippen LogP contribution in [-0.2, 0) is 4.79 Å². The third kappa shape index (κ3) is 4.72. The van der Waals surface area contributed by atoms with Gasteiger partial charge in [-0.1, -0.05) is 19.3 Å². The Kier molecular flexibility index (Phi) is 6.26. The van der Waals surface area contributed by atoms with Crippen molar-refractivity contribution in [1.82, 2.24) is 15.1 Å². The molecule has 0 aromatic carbocycles. The normalized spacial score (nSPS) is 29.9. The van der Waals surface area contributed by atoms with Crippen LogP contribution in [0.15, 0.2) is 0 Å². The second-order valence-electron chi connectivity index (χ2n) is 6.32. The highest BCUT2D eigenvalue weighted by atomic mass is 16.3. The molecule has 0 saturated carbocycles. The van der Waals surface area contributed by atoms with Gasteiger partial charge in [0.05, 0.1) is 13.2 Å². The monoisotopic (exact) mass is 283 g/mol. The van der Waals surface area contributed by atoms with E-state index in [2.05, 4.69) is 15.1 Å². The van der Waals surface area contributed by atoms with Crippen molar-refractivity contribution in [2.24, 2.45) is 0 Å². The molecule has 20 heavy (non-hydrogen) atoms. The quantitative estimate of drug-likeness (QED) is 0.786. The number of likely N-dealkylation sites (N-methyl/N-ethyl adjacent to an activating group) is 1. The van der Waals surface area contributed by atoms with E-state index in [4.69, 9.17) is 0 Å². The fourth-order valence-electron chi connectivity index (χ4n) is 3.35. The Hall–Kier alpha value is -0.650. The predicted octanol–water partition coefficient (Wildman–Crippen LogP) is 0.434. The molecule has 5 nitrogen and oxygen atoms in total. The molecule has 0 bridgehead atoms. The Morgan fingerprint density at radius 1 is 1.20 bits per heavy atom. The van der Waals surface area contributed by atoms with Crippen LogP contribution in [0.5, 0.6) is 0 Å². The van der Waals surface area contributed by atoms with Gasteiger partial charge in [-0.25, -0.2) is 0 Å². The predicted molar refractivity (Wildman–Crippen MR) is 79.6 cm³/mol. The van der Waals surface area contributed by atoms with Crippen molar-refractivity contribution >= 4 is 5.91 Å². The summed E-state index contributed by atoms with van der Waals surface area (Å²) in [5, 5.41) is 12.4. The molecule has 2 aliphatic rings. The molecule has 1 amide bonds. The van der Waals surface area contributed by atoms with Gasteiger partial charge in [-0.15, -0.1) is 0 Å². The number of nitrogens with one attached hydrogen (secondary N) is 1. The van der Waals surface area contributed by atoms with Crippen molar-refractivity contribution < 1.29 is 9.90 Å². The third-order valence-corrected chi connectivity index (χ3v) is 4.58. The van der Waals surface area contributed by atoms with Crippen molar-refractivity contribution in [1.29, 1.82) is 0 Å². The van der Waals surface area contributed by atoms with Gasteiger partial charge in [0.15, 0.2) is 0 Å². The summed E-state index contributed by atoms with van der Waals surface area (Å²) in [5.41, 5.74) is 0. The van der Waals surface area contributed by atoms with E-state index in [1.807, 2.05) is 7.05 Å². The fourth-order valence-corrected chi connectivity index (χ4v) is 3.35. The number of hydrogen-bond donors (Lipinski definition) is 2. The molecule has 0 aromatic rings. The molecule has 2 rings (SSSR count). The number of nitrogens with zero attached hydrogens (tertiary/aromatic N) is 2. The average molecular weight is 283 g/mol. The smallest absolute Gasteiger partial charge is 0.234 e. The average Bonchev–Trinajstić information content (AvgIpc) is 2.72. The molecule has 0 aromatic heterocycles. The van der Waals surface area contributed by atoms with Gasteiger partial charge < -0.3 is 10.4 Å². The van der Waals surface area contributed by atoms with Crippen molar-refractivity contribution in [2.75, 3.05) is 39.8 Å². The first kappa shape index (κ1) is 15.7. The minimum atomic E-state index is 0.141. The SMILES string of the molecule is CN1C[C@H](NC(=O)CN2CCCCCCC2)C[C@H]1CO. The summed E-state index contributed by atoms with van der Waals surface area (Å²) in [4.78, 5) is 16.5. The van der Waals surface area contributed by atoms with Gasteiger partial charge in [-0.3, -0.25) is 14.6 Å². The van der Waals surface area contributed by atoms with E-state index < -0.39 is 0 Å². The van der Waals surface area contributed by atoms with E-state index in [-0.39, 0.29) is 24.6 Å². The minimum absolute atomic E-state index is 0.141. The van der Waals surface area contributed by atoms with Gasteiger partial charge in [-0.2, -0.15) is 0 Å². The summed E-state index contributed by atoms with van der Waals surface area (Å²) >= 11 is 0. The molecule has 2 aliphatic heterocycles. The topological polar surface area (TPSA) is 55.8 Å². The number of aliphatic hydroxyl groups is 1. The van der Waals surface area contributed by atoms with Crippen LogP contribution in [0.3, 0.4) is 0 Å². The lowest BCUT2D eigenvalue weighted by atomic mass is 10.1. The zero-order valence-electron chi connectivity index (χ0n) is 12.7. The number of amides is 1. The molecular weight excluding hydrogens is 254 g/mol. The molecule has 2 atom stereocenters. The van der Waals surface area contributed by atoms with Crippen molar-refractivity contribution in [3.8, 4) is 0 Å². The van der Waals surface area contributed by atoms with Gasteiger partial charge in [0, 0.05) is 18.6 Å². The summed E-state index contributed by atoms with van der Waals surface area (Å²) < 4.78 is 0. The zero-order chi connectivity index (χ0) is 14.4. The van der Waals surface area contributed by atoms with Crippen molar-refractivity contribution in [2.45, 2.75) is 50.6 Å². The van der Waals surface area contributed by atoms with Crippen LogP contribution in [0.4, 0.5) is 0 Å². The zero-order valence-corrected chi connectivity index (χ0v) is 12.7. The second kappa shape index (κ2) is 7.96. The first-order valence-corrected chi connectivity index (χ1v) is 8.02. The number of aliphatic hydroxyl groups excluding tert-OH is 1. The molecule has 116 valence electrons. The molecule has 2 N–H and O–H groups in total. The Morgan fingerprint density at radius 2 is 1.85 bits per heavy atom. The van der Waals surface area contributed by atoms with E-state index in [1.54, 1.807) is 0 Å². The Labute approximate surface area is 122 Å². The Bertz CT molecular complexity index is 297. The van der Waals surface area contributed by atoms with E-state index in [0.29, 0.717) is 6.54 Å². The maximum Gasteiger partial charge on any atom is 0.234 e. The lowest BCUT2D eigenvalue weighted by Crippen LogP contribution is -2.43. The molecule has 5 heteroatoms. The van der Waals surface area contributed by atoms with E-state index in [9.17, 15) is 9.90 Å². The number of carbonyl (C=O) groups is 1. The molecule has 0 aliphatic carbocycles. The molecule has 2 fully saturated rings. The van der Waals surface area contributed by atoms with E-state index in [0.717, 1.165) is 26.1 Å². The highest BCUT2D eigenvalue weighted by Crippen LogP contribution is 2.15. The summed E-state index contributed by atoms with van der Waals surface area (Å²) in [6, 6.07) is 0.390. The summed E-state index contributed by atoms with van der Waals surface area (Å²) in [6.45, 7) is 3.66. The van der Waals surface area contributed by atoms with Crippen molar-refractivity contribution in [3.63, 3.8) is 0 Å². The number of hydrogen-bond acceptors (Lipinski definition) is 4. The van der Waals surface area contributed by atoms with Crippen LogP contribution >= 0.6 is 0 Å². The standard InChI is InChI=1S/C15H29N3O2/c1-17-10-13(9-14(17)12-19)16-15(20)11-18-7-5-3-2-4-6-8-18/h13-14,19H,2-12H2,1H3,(H,16,20)/t13-,14+/m1/s1. The third-order valence-electron chi connectivity index (χ3n) is 4.58. The Balaban J connectivity index is 1.71. The lowest BCUT2D eigenvalue weighted by molar-refractivity contribution is -0.123. The highest BCUT2D eigenvalue weighted by molar-refractivity contribution is 5.78. The van der Waals surface area contributed by atoms with Gasteiger partial charge in [0.25, 0.3) is 0 Å². The second-order valence-corrected chi connectivity index (χ2v) is 6.32.